The van der Waals surface area contributed by atoms with Gasteiger partial charge in [-0.1, -0.05) is 22.4 Å². The van der Waals surface area contributed by atoms with E-state index in [2.05, 4.69) is 25.1 Å². The second kappa shape index (κ2) is 6.65. The summed E-state index contributed by atoms with van der Waals surface area (Å²) in [7, 11) is 0. The Morgan fingerprint density at radius 1 is 1.33 bits per heavy atom. The molecule has 0 bridgehead atoms. The monoisotopic (exact) mass is 167 g/mol. The van der Waals surface area contributed by atoms with Crippen LogP contribution in [-0.4, -0.2) is 11.4 Å². The summed E-state index contributed by atoms with van der Waals surface area (Å²) in [6, 6.07) is 0. The van der Waals surface area contributed by atoms with E-state index in [1.807, 2.05) is 13.0 Å². The molecule has 0 aliphatic carbocycles. The minimum absolute atomic E-state index is 1.02. The maximum absolute atomic E-state index is 8.14. The van der Waals surface area contributed by atoms with Gasteiger partial charge in [0, 0.05) is 0 Å². The molecule has 1 N–H and O–H groups in total. The zero-order valence-electron chi connectivity index (χ0n) is 8.04. The first-order valence-electron chi connectivity index (χ1n) is 4.13. The highest BCUT2D eigenvalue weighted by Gasteiger charge is 1.86. The van der Waals surface area contributed by atoms with E-state index in [1.165, 1.54) is 17.4 Å². The molecule has 0 unspecified atom stereocenters. The van der Waals surface area contributed by atoms with E-state index in [0.29, 0.717) is 0 Å². The molecule has 0 amide bonds. The van der Waals surface area contributed by atoms with Crippen LogP contribution in [0.25, 0.3) is 0 Å². The summed E-state index contributed by atoms with van der Waals surface area (Å²) in [5, 5.41) is 11.0. The van der Waals surface area contributed by atoms with Gasteiger partial charge < -0.3 is 5.21 Å². The van der Waals surface area contributed by atoms with Crippen LogP contribution >= 0.6 is 0 Å². The fraction of sp³-hybridized carbons (Fsp3) is 0.500. The van der Waals surface area contributed by atoms with E-state index >= 15 is 0 Å². The third-order valence-corrected chi connectivity index (χ3v) is 1.52. The molecule has 0 fully saturated rings. The number of hydrogen-bond donors (Lipinski definition) is 1. The van der Waals surface area contributed by atoms with E-state index in [-0.39, 0.29) is 0 Å². The summed E-state index contributed by atoms with van der Waals surface area (Å²) in [5.74, 6) is 0. The van der Waals surface area contributed by atoms with Crippen molar-refractivity contribution in [2.24, 2.45) is 5.16 Å². The van der Waals surface area contributed by atoms with Crippen molar-refractivity contribution in [1.29, 1.82) is 0 Å². The van der Waals surface area contributed by atoms with E-state index in [9.17, 15) is 0 Å². The lowest BCUT2D eigenvalue weighted by atomic mass is 10.1. The first-order chi connectivity index (χ1) is 5.66. The van der Waals surface area contributed by atoms with Gasteiger partial charge in [0.25, 0.3) is 0 Å². The molecule has 0 aromatic carbocycles. The highest BCUT2D eigenvalue weighted by molar-refractivity contribution is 5.71. The maximum atomic E-state index is 8.14. The SMILES string of the molecule is CC(C)=CCC/C(C)=C\C=N\O. The molecule has 2 nitrogen and oxygen atoms in total. The van der Waals surface area contributed by atoms with Gasteiger partial charge in [0.2, 0.25) is 0 Å². The largest absolute Gasteiger partial charge is 0.411 e. The van der Waals surface area contributed by atoms with Gasteiger partial charge in [-0.3, -0.25) is 0 Å². The highest BCUT2D eigenvalue weighted by Crippen LogP contribution is 2.05. The predicted octanol–water partition coefficient (Wildman–Crippen LogP) is 3.14. The molecule has 0 spiro atoms. The van der Waals surface area contributed by atoms with Crippen molar-refractivity contribution in [2.75, 3.05) is 0 Å². The number of hydrogen-bond acceptors (Lipinski definition) is 2. The van der Waals surface area contributed by atoms with Gasteiger partial charge in [-0.2, -0.15) is 0 Å². The van der Waals surface area contributed by atoms with Gasteiger partial charge in [0.05, 0.1) is 6.21 Å². The van der Waals surface area contributed by atoms with E-state index < -0.39 is 0 Å². The normalized spacial score (nSPS) is 12.1. The molecular formula is C10H17NO. The second-order valence-corrected chi connectivity index (χ2v) is 3.10. The molecule has 0 aromatic rings. The van der Waals surface area contributed by atoms with Crippen LogP contribution in [0.3, 0.4) is 0 Å². The molecule has 2 heteroatoms. The van der Waals surface area contributed by atoms with Crippen LogP contribution in [0, 0.1) is 0 Å². The summed E-state index contributed by atoms with van der Waals surface area (Å²) in [6.45, 7) is 6.21. The zero-order valence-corrected chi connectivity index (χ0v) is 8.04. The third kappa shape index (κ3) is 7.06. The van der Waals surface area contributed by atoms with Gasteiger partial charge in [-0.25, -0.2) is 0 Å². The Hall–Kier alpha value is -1.05. The van der Waals surface area contributed by atoms with Crippen molar-refractivity contribution in [3.8, 4) is 0 Å². The van der Waals surface area contributed by atoms with Gasteiger partial charge in [0.1, 0.15) is 0 Å². The lowest BCUT2D eigenvalue weighted by molar-refractivity contribution is 0.322. The Balaban J connectivity index is 3.71. The van der Waals surface area contributed by atoms with Gasteiger partial charge in [-0.15, -0.1) is 0 Å². The minimum Gasteiger partial charge on any atom is -0.411 e. The molecular weight excluding hydrogens is 150 g/mol. The maximum Gasteiger partial charge on any atom is 0.0660 e. The topological polar surface area (TPSA) is 32.6 Å². The molecule has 0 aromatic heterocycles. The van der Waals surface area contributed by atoms with Gasteiger partial charge in [0.15, 0.2) is 0 Å². The van der Waals surface area contributed by atoms with E-state index in [0.717, 1.165) is 12.8 Å². The molecule has 0 rings (SSSR count). The summed E-state index contributed by atoms with van der Waals surface area (Å²) < 4.78 is 0. The quantitative estimate of drug-likeness (QED) is 0.296. The summed E-state index contributed by atoms with van der Waals surface area (Å²) in [5.41, 5.74) is 2.57. The Morgan fingerprint density at radius 2 is 2.00 bits per heavy atom. The van der Waals surface area contributed by atoms with Crippen LogP contribution < -0.4 is 0 Å². The molecule has 0 aliphatic heterocycles. The fourth-order valence-electron chi connectivity index (χ4n) is 0.832. The average Bonchev–Trinajstić information content (AvgIpc) is 2.00. The lowest BCUT2D eigenvalue weighted by Gasteiger charge is -1.95. The third-order valence-electron chi connectivity index (χ3n) is 1.52. The van der Waals surface area contributed by atoms with Gasteiger partial charge in [-0.05, 0) is 39.7 Å². The average molecular weight is 167 g/mol. The lowest BCUT2D eigenvalue weighted by Crippen LogP contribution is -1.78. The molecule has 0 radical (unpaired) electrons. The van der Waals surface area contributed by atoms with Crippen LogP contribution in [0.1, 0.15) is 33.6 Å². The van der Waals surface area contributed by atoms with Crippen molar-refractivity contribution in [1.82, 2.24) is 0 Å². The summed E-state index contributed by atoms with van der Waals surface area (Å²) >= 11 is 0. The van der Waals surface area contributed by atoms with E-state index in [1.54, 1.807) is 0 Å². The Bertz CT molecular complexity index is 198. The Morgan fingerprint density at radius 3 is 2.50 bits per heavy atom. The first kappa shape index (κ1) is 11.0. The highest BCUT2D eigenvalue weighted by atomic mass is 16.4. The second-order valence-electron chi connectivity index (χ2n) is 3.10. The van der Waals surface area contributed by atoms with Crippen molar-refractivity contribution < 1.29 is 5.21 Å². The molecule has 68 valence electrons. The predicted molar refractivity (Wildman–Crippen MR) is 52.7 cm³/mol. The molecule has 12 heavy (non-hydrogen) atoms. The molecule has 0 aliphatic rings. The zero-order chi connectivity index (χ0) is 9.40. The molecule has 0 heterocycles. The number of rotatable bonds is 4. The minimum atomic E-state index is 1.02. The standard InChI is InChI=1S/C10H17NO/c1-9(2)5-4-6-10(3)7-8-11-12/h5,7-8,12H,4,6H2,1-3H3/b10-7-,11-8+. The Labute approximate surface area is 74.3 Å². The van der Waals surface area contributed by atoms with Gasteiger partial charge >= 0.3 is 0 Å². The summed E-state index contributed by atoms with van der Waals surface area (Å²) in [4.78, 5) is 0. The van der Waals surface area contributed by atoms with Crippen LogP contribution in [0.4, 0.5) is 0 Å². The van der Waals surface area contributed by atoms with Crippen LogP contribution in [0.5, 0.6) is 0 Å². The first-order valence-corrected chi connectivity index (χ1v) is 4.13. The molecule has 0 saturated carbocycles. The molecule has 0 saturated heterocycles. The van der Waals surface area contributed by atoms with Crippen molar-refractivity contribution >= 4 is 6.21 Å². The van der Waals surface area contributed by atoms with Crippen LogP contribution in [0.2, 0.25) is 0 Å². The smallest absolute Gasteiger partial charge is 0.0660 e. The fourth-order valence-corrected chi connectivity index (χ4v) is 0.832. The number of allylic oxidation sites excluding steroid dienone is 4. The number of oxime groups is 1. The van der Waals surface area contributed by atoms with Crippen molar-refractivity contribution in [3.05, 3.63) is 23.3 Å². The van der Waals surface area contributed by atoms with Crippen molar-refractivity contribution in [2.45, 2.75) is 33.6 Å². The summed E-state index contributed by atoms with van der Waals surface area (Å²) in [6.07, 6.45) is 7.51. The van der Waals surface area contributed by atoms with Crippen molar-refractivity contribution in [3.63, 3.8) is 0 Å². The Kier molecular flexibility index (Phi) is 6.07. The number of nitrogens with zero attached hydrogens (tertiary/aromatic N) is 1. The molecule has 0 atom stereocenters. The van der Waals surface area contributed by atoms with Crippen LogP contribution in [0.15, 0.2) is 28.5 Å². The van der Waals surface area contributed by atoms with Crippen LogP contribution in [-0.2, 0) is 0 Å². The van der Waals surface area contributed by atoms with E-state index in [4.69, 9.17) is 5.21 Å².